The number of carbonyl (C=O) groups excluding carboxylic acids is 2. The molecule has 1 unspecified atom stereocenters. The van der Waals surface area contributed by atoms with Crippen LogP contribution in [0.4, 0.5) is 0 Å². The number of hydrogen-bond acceptors (Lipinski definition) is 3. The van der Waals surface area contributed by atoms with Crippen LogP contribution in [-0.2, 0) is 23.1 Å². The molecule has 0 radical (unpaired) electrons. The normalized spacial score (nSPS) is 18.5. The van der Waals surface area contributed by atoms with Crippen molar-refractivity contribution in [3.05, 3.63) is 34.2 Å². The summed E-state index contributed by atoms with van der Waals surface area (Å²) < 4.78 is 3.26. The van der Waals surface area contributed by atoms with Gasteiger partial charge in [0.05, 0.1) is 23.5 Å². The van der Waals surface area contributed by atoms with E-state index < -0.39 is 6.04 Å². The second kappa shape index (κ2) is 6.75. The minimum atomic E-state index is -0.509. The molecule has 2 aromatic rings. The maximum atomic E-state index is 12.8. The molecule has 1 heterocycles. The predicted octanol–water partition coefficient (Wildman–Crippen LogP) is 2.94. The van der Waals surface area contributed by atoms with E-state index in [4.69, 9.17) is 0 Å². The first-order valence-corrected chi connectivity index (χ1v) is 8.77. The number of carbonyl (C=O) groups is 2. The van der Waals surface area contributed by atoms with Crippen LogP contribution in [0.5, 0.6) is 0 Å². The Morgan fingerprint density at radius 2 is 1.96 bits per heavy atom. The van der Waals surface area contributed by atoms with Crippen LogP contribution in [0.1, 0.15) is 57.1 Å². The summed E-state index contributed by atoms with van der Waals surface area (Å²) in [7, 11) is 1.77. The average molecular weight is 328 g/mol. The first kappa shape index (κ1) is 16.7. The van der Waals surface area contributed by atoms with Crippen molar-refractivity contribution in [1.29, 1.82) is 0 Å². The minimum absolute atomic E-state index is 0.0233. The van der Waals surface area contributed by atoms with Gasteiger partial charge in [0, 0.05) is 13.5 Å². The van der Waals surface area contributed by atoms with Crippen molar-refractivity contribution in [3.8, 4) is 0 Å². The largest absolute Gasteiger partial charge is 0.329 e. The van der Waals surface area contributed by atoms with E-state index in [2.05, 4.69) is 13.0 Å². The molecule has 0 saturated heterocycles. The zero-order chi connectivity index (χ0) is 17.3. The molecule has 1 saturated carbocycles. The van der Waals surface area contributed by atoms with Gasteiger partial charge in [-0.15, -0.1) is 0 Å². The number of aromatic nitrogens is 2. The Kier molecular flexibility index (Phi) is 4.69. The van der Waals surface area contributed by atoms with Crippen molar-refractivity contribution in [2.75, 3.05) is 0 Å². The zero-order valence-electron chi connectivity index (χ0n) is 14.4. The van der Waals surface area contributed by atoms with Gasteiger partial charge in [-0.3, -0.25) is 18.7 Å². The quantitative estimate of drug-likeness (QED) is 0.626. The van der Waals surface area contributed by atoms with E-state index in [0.717, 1.165) is 42.3 Å². The topological polar surface area (TPSA) is 61.1 Å². The molecular weight excluding hydrogens is 304 g/mol. The van der Waals surface area contributed by atoms with Crippen molar-refractivity contribution < 1.29 is 9.59 Å². The van der Waals surface area contributed by atoms with Gasteiger partial charge < -0.3 is 0 Å². The van der Waals surface area contributed by atoms with Crippen molar-refractivity contribution >= 4 is 22.6 Å². The van der Waals surface area contributed by atoms with Crippen LogP contribution in [0.2, 0.25) is 0 Å². The van der Waals surface area contributed by atoms with E-state index in [1.54, 1.807) is 16.2 Å². The van der Waals surface area contributed by atoms with E-state index in [0.29, 0.717) is 12.8 Å². The molecule has 5 heteroatoms. The molecule has 0 amide bonds. The minimum Gasteiger partial charge on any atom is -0.299 e. The maximum Gasteiger partial charge on any atom is 0.329 e. The fourth-order valence-electron chi connectivity index (χ4n) is 3.72. The smallest absolute Gasteiger partial charge is 0.299 e. The number of unbranched alkanes of at least 4 members (excludes halogenated alkanes) is 2. The number of imidazole rings is 1. The van der Waals surface area contributed by atoms with Crippen LogP contribution in [0.3, 0.4) is 0 Å². The Hall–Kier alpha value is -2.17. The lowest BCUT2D eigenvalue weighted by molar-refractivity contribution is -0.132. The number of benzene rings is 1. The van der Waals surface area contributed by atoms with Gasteiger partial charge in [-0.2, -0.15) is 0 Å². The highest BCUT2D eigenvalue weighted by Crippen LogP contribution is 2.28. The summed E-state index contributed by atoms with van der Waals surface area (Å²) in [6, 6.07) is 5.42. The predicted molar refractivity (Wildman–Crippen MR) is 93.3 cm³/mol. The molecule has 24 heavy (non-hydrogen) atoms. The molecule has 1 aromatic carbocycles. The standard InChI is InChI=1S/C19H24N2O3/c1-3-4-5-7-13-8-6-9-16-18(13)20(2)19(24)21(16)15-11-10-14(22)12-17(15)23/h6,8-9,15H,3-5,7,10-12H2,1-2H3. The first-order valence-electron chi connectivity index (χ1n) is 8.77. The third-order valence-electron chi connectivity index (χ3n) is 4.99. The summed E-state index contributed by atoms with van der Waals surface area (Å²) in [6.07, 6.45) is 5.08. The Morgan fingerprint density at radius 1 is 1.17 bits per heavy atom. The van der Waals surface area contributed by atoms with Crippen LogP contribution < -0.4 is 5.69 Å². The Morgan fingerprint density at radius 3 is 2.67 bits per heavy atom. The summed E-state index contributed by atoms with van der Waals surface area (Å²) in [6.45, 7) is 2.17. The SMILES string of the molecule is CCCCCc1cccc2c1n(C)c(=O)n2C1CCC(=O)CC1=O. The number of para-hydroxylation sites is 1. The summed E-state index contributed by atoms with van der Waals surface area (Å²) in [5.41, 5.74) is 2.71. The van der Waals surface area contributed by atoms with Gasteiger partial charge in [0.1, 0.15) is 5.78 Å². The molecule has 1 aliphatic rings. The second-order valence-corrected chi connectivity index (χ2v) is 6.69. The lowest BCUT2D eigenvalue weighted by atomic mass is 9.92. The second-order valence-electron chi connectivity index (χ2n) is 6.69. The number of aryl methyl sites for hydroxylation is 2. The van der Waals surface area contributed by atoms with Crippen LogP contribution >= 0.6 is 0 Å². The fourth-order valence-corrected chi connectivity index (χ4v) is 3.72. The Labute approximate surface area is 141 Å². The van der Waals surface area contributed by atoms with Crippen LogP contribution in [0.15, 0.2) is 23.0 Å². The summed E-state index contributed by atoms with van der Waals surface area (Å²) >= 11 is 0. The Balaban J connectivity index is 2.08. The highest BCUT2D eigenvalue weighted by molar-refractivity contribution is 6.03. The summed E-state index contributed by atoms with van der Waals surface area (Å²) in [4.78, 5) is 36.6. The molecule has 5 nitrogen and oxygen atoms in total. The first-order chi connectivity index (χ1) is 11.5. The van der Waals surface area contributed by atoms with Crippen LogP contribution in [-0.4, -0.2) is 20.7 Å². The number of hydrogen-bond donors (Lipinski definition) is 0. The van der Waals surface area contributed by atoms with Gasteiger partial charge in [-0.05, 0) is 30.9 Å². The van der Waals surface area contributed by atoms with Gasteiger partial charge in [0.15, 0.2) is 5.78 Å². The monoisotopic (exact) mass is 328 g/mol. The van der Waals surface area contributed by atoms with E-state index in [-0.39, 0.29) is 23.7 Å². The maximum absolute atomic E-state index is 12.8. The van der Waals surface area contributed by atoms with Crippen molar-refractivity contribution in [2.45, 2.75) is 57.9 Å². The van der Waals surface area contributed by atoms with Crippen LogP contribution in [0.25, 0.3) is 11.0 Å². The van der Waals surface area contributed by atoms with Gasteiger partial charge in [0.2, 0.25) is 0 Å². The zero-order valence-corrected chi connectivity index (χ0v) is 14.4. The molecule has 0 aliphatic heterocycles. The lowest BCUT2D eigenvalue weighted by Crippen LogP contribution is -2.34. The number of nitrogens with zero attached hydrogens (tertiary/aromatic N) is 2. The van der Waals surface area contributed by atoms with E-state index in [1.807, 2.05) is 12.1 Å². The molecule has 128 valence electrons. The molecule has 0 spiro atoms. The fraction of sp³-hybridized carbons (Fsp3) is 0.526. The molecule has 0 bridgehead atoms. The van der Waals surface area contributed by atoms with E-state index in [9.17, 15) is 14.4 Å². The van der Waals surface area contributed by atoms with Gasteiger partial charge in [0.25, 0.3) is 0 Å². The Bertz CT molecular complexity index is 844. The molecule has 1 atom stereocenters. The third-order valence-corrected chi connectivity index (χ3v) is 4.99. The van der Waals surface area contributed by atoms with E-state index >= 15 is 0 Å². The van der Waals surface area contributed by atoms with E-state index in [1.165, 1.54) is 0 Å². The van der Waals surface area contributed by atoms with Crippen LogP contribution in [0, 0.1) is 0 Å². The molecule has 1 aliphatic carbocycles. The molecular formula is C19H24N2O3. The molecule has 1 aromatic heterocycles. The van der Waals surface area contributed by atoms with Gasteiger partial charge >= 0.3 is 5.69 Å². The lowest BCUT2D eigenvalue weighted by Gasteiger charge is -2.21. The van der Waals surface area contributed by atoms with Crippen molar-refractivity contribution in [2.24, 2.45) is 7.05 Å². The summed E-state index contributed by atoms with van der Waals surface area (Å²) in [5, 5.41) is 0. The van der Waals surface area contributed by atoms with Gasteiger partial charge in [-0.1, -0.05) is 31.9 Å². The van der Waals surface area contributed by atoms with Gasteiger partial charge in [-0.25, -0.2) is 4.79 Å². The molecule has 3 rings (SSSR count). The van der Waals surface area contributed by atoms with Crippen molar-refractivity contribution in [3.63, 3.8) is 0 Å². The third kappa shape index (κ3) is 2.83. The highest BCUT2D eigenvalue weighted by atomic mass is 16.2. The number of Topliss-reactive ketones (excluding diaryl/α,β-unsaturated/α-hetero) is 2. The number of ketones is 2. The number of rotatable bonds is 5. The van der Waals surface area contributed by atoms with Crippen molar-refractivity contribution in [1.82, 2.24) is 9.13 Å². The number of fused-ring (bicyclic) bond motifs is 1. The molecule has 1 fully saturated rings. The summed E-state index contributed by atoms with van der Waals surface area (Å²) in [5.74, 6) is -0.165. The average Bonchev–Trinajstić information content (AvgIpc) is 2.81. The molecule has 0 N–H and O–H groups in total. The highest BCUT2D eigenvalue weighted by Gasteiger charge is 2.31.